The van der Waals surface area contributed by atoms with Crippen molar-refractivity contribution in [3.8, 4) is 0 Å². The van der Waals surface area contributed by atoms with Crippen molar-refractivity contribution in [2.75, 3.05) is 6.54 Å². The standard InChI is InChI=1S/C11H11F2NO5S/c12-8-2-1-7(4-9(8)13)20(18,19)14-5-6(15)3-10(14)11(16)17/h1-2,4,6,10,15H,3,5H2,(H,16,17)/t6?,10-/m0/s1. The normalized spacial score (nSPS) is 23.9. The summed E-state index contributed by atoms with van der Waals surface area (Å²) in [5.74, 6) is -3.97. The molecule has 110 valence electrons. The summed E-state index contributed by atoms with van der Waals surface area (Å²) in [6, 6.07) is 0.541. The highest BCUT2D eigenvalue weighted by molar-refractivity contribution is 7.89. The fourth-order valence-electron chi connectivity index (χ4n) is 2.05. The second kappa shape index (κ2) is 5.08. The van der Waals surface area contributed by atoms with Crippen molar-refractivity contribution in [3.63, 3.8) is 0 Å². The molecule has 9 heteroatoms. The Bertz CT molecular complexity index is 648. The lowest BCUT2D eigenvalue weighted by Gasteiger charge is -2.20. The van der Waals surface area contributed by atoms with E-state index in [1.807, 2.05) is 0 Å². The van der Waals surface area contributed by atoms with Crippen molar-refractivity contribution < 1.29 is 32.2 Å². The average Bonchev–Trinajstić information content (AvgIpc) is 2.75. The number of halogens is 2. The van der Waals surface area contributed by atoms with Gasteiger partial charge in [0, 0.05) is 13.0 Å². The molecule has 0 radical (unpaired) electrons. The Morgan fingerprint density at radius 3 is 2.50 bits per heavy atom. The summed E-state index contributed by atoms with van der Waals surface area (Å²) in [7, 11) is -4.32. The van der Waals surface area contributed by atoms with E-state index >= 15 is 0 Å². The Balaban J connectivity index is 2.43. The summed E-state index contributed by atoms with van der Waals surface area (Å²) < 4.78 is 50.9. The molecule has 2 N–H and O–H groups in total. The monoisotopic (exact) mass is 307 g/mol. The number of hydrogen-bond acceptors (Lipinski definition) is 4. The van der Waals surface area contributed by atoms with Crippen molar-refractivity contribution >= 4 is 16.0 Å². The van der Waals surface area contributed by atoms with Gasteiger partial charge < -0.3 is 10.2 Å². The van der Waals surface area contributed by atoms with Gasteiger partial charge in [-0.2, -0.15) is 4.31 Å². The molecule has 1 aliphatic heterocycles. The summed E-state index contributed by atoms with van der Waals surface area (Å²) in [5, 5.41) is 18.4. The smallest absolute Gasteiger partial charge is 0.322 e. The van der Waals surface area contributed by atoms with Crippen LogP contribution in [-0.2, 0) is 14.8 Å². The second-order valence-corrected chi connectivity index (χ2v) is 6.28. The van der Waals surface area contributed by atoms with Crippen LogP contribution in [0.2, 0.25) is 0 Å². The SMILES string of the molecule is O=C(O)[C@@H]1CC(O)CN1S(=O)(=O)c1ccc(F)c(F)c1. The van der Waals surface area contributed by atoms with Crippen LogP contribution in [0.1, 0.15) is 6.42 Å². The van der Waals surface area contributed by atoms with E-state index in [0.717, 1.165) is 6.07 Å². The van der Waals surface area contributed by atoms with Gasteiger partial charge in [0.2, 0.25) is 10.0 Å². The predicted molar refractivity (Wildman–Crippen MR) is 62.3 cm³/mol. The summed E-state index contributed by atoms with van der Waals surface area (Å²) in [6.45, 7) is -0.404. The van der Waals surface area contributed by atoms with Gasteiger partial charge in [0.25, 0.3) is 0 Å². The summed E-state index contributed by atoms with van der Waals surface area (Å²) in [4.78, 5) is 10.4. The second-order valence-electron chi connectivity index (χ2n) is 4.39. The van der Waals surface area contributed by atoms with Crippen LogP contribution in [0.5, 0.6) is 0 Å². The average molecular weight is 307 g/mol. The molecule has 2 atom stereocenters. The van der Waals surface area contributed by atoms with Gasteiger partial charge in [-0.15, -0.1) is 0 Å². The first kappa shape index (κ1) is 14.8. The van der Waals surface area contributed by atoms with Gasteiger partial charge in [-0.1, -0.05) is 0 Å². The molecule has 20 heavy (non-hydrogen) atoms. The van der Waals surface area contributed by atoms with Crippen molar-refractivity contribution in [2.24, 2.45) is 0 Å². The molecule has 1 aliphatic rings. The lowest BCUT2D eigenvalue weighted by Crippen LogP contribution is -2.40. The lowest BCUT2D eigenvalue weighted by atomic mass is 10.2. The van der Waals surface area contributed by atoms with E-state index in [-0.39, 0.29) is 6.42 Å². The van der Waals surface area contributed by atoms with Crippen molar-refractivity contribution in [1.29, 1.82) is 0 Å². The molecule has 1 fully saturated rings. The summed E-state index contributed by atoms with van der Waals surface area (Å²) in [6.07, 6.45) is -1.37. The molecular formula is C11H11F2NO5S. The largest absolute Gasteiger partial charge is 0.480 e. The quantitative estimate of drug-likeness (QED) is 0.830. The van der Waals surface area contributed by atoms with E-state index in [1.165, 1.54) is 0 Å². The lowest BCUT2D eigenvalue weighted by molar-refractivity contribution is -0.140. The van der Waals surface area contributed by atoms with E-state index in [2.05, 4.69) is 0 Å². The minimum atomic E-state index is -4.32. The number of aliphatic carboxylic acids is 1. The number of carbonyl (C=O) groups is 1. The number of aliphatic hydroxyl groups is 1. The zero-order valence-corrected chi connectivity index (χ0v) is 10.8. The summed E-state index contributed by atoms with van der Waals surface area (Å²) >= 11 is 0. The van der Waals surface area contributed by atoms with Gasteiger partial charge in [0.05, 0.1) is 11.0 Å². The van der Waals surface area contributed by atoms with Crippen LogP contribution in [0.4, 0.5) is 8.78 Å². The van der Waals surface area contributed by atoms with E-state index in [1.54, 1.807) is 0 Å². The van der Waals surface area contributed by atoms with E-state index < -0.39 is 51.2 Å². The molecule has 0 aromatic heterocycles. The fourth-order valence-corrected chi connectivity index (χ4v) is 3.69. The molecule has 1 aromatic rings. The number of nitrogens with zero attached hydrogens (tertiary/aromatic N) is 1. The first-order valence-corrected chi connectivity index (χ1v) is 7.05. The maximum Gasteiger partial charge on any atom is 0.322 e. The molecule has 1 unspecified atom stereocenters. The van der Waals surface area contributed by atoms with Gasteiger partial charge in [-0.05, 0) is 18.2 Å². The maximum atomic E-state index is 13.1. The van der Waals surface area contributed by atoms with Crippen LogP contribution in [0.25, 0.3) is 0 Å². The van der Waals surface area contributed by atoms with Crippen molar-refractivity contribution in [3.05, 3.63) is 29.8 Å². The summed E-state index contributed by atoms with van der Waals surface area (Å²) in [5.41, 5.74) is 0. The Morgan fingerprint density at radius 1 is 1.30 bits per heavy atom. The number of carboxylic acids is 1. The third-order valence-electron chi connectivity index (χ3n) is 3.02. The first-order chi connectivity index (χ1) is 9.23. The number of sulfonamides is 1. The van der Waals surface area contributed by atoms with Gasteiger partial charge in [0.1, 0.15) is 6.04 Å². The molecule has 1 heterocycles. The Morgan fingerprint density at radius 2 is 1.95 bits per heavy atom. The van der Waals surface area contributed by atoms with Gasteiger partial charge in [-0.25, -0.2) is 17.2 Å². The molecule has 0 bridgehead atoms. The van der Waals surface area contributed by atoms with Gasteiger partial charge in [0.15, 0.2) is 11.6 Å². The number of β-amino-alcohol motifs (C(OH)–C–C–N with tert-alkyl or cyclic N) is 1. The number of carboxylic acid groups (broad SMARTS) is 1. The number of aliphatic hydroxyl groups excluding tert-OH is 1. The molecular weight excluding hydrogens is 296 g/mol. The third-order valence-corrected chi connectivity index (χ3v) is 4.89. The van der Waals surface area contributed by atoms with Crippen LogP contribution in [0.3, 0.4) is 0 Å². The molecule has 0 amide bonds. The molecule has 1 aromatic carbocycles. The van der Waals surface area contributed by atoms with Crippen LogP contribution in [0, 0.1) is 11.6 Å². The Hall–Kier alpha value is -1.58. The highest BCUT2D eigenvalue weighted by Gasteiger charge is 2.43. The third kappa shape index (κ3) is 2.51. The van der Waals surface area contributed by atoms with Crippen LogP contribution in [0.15, 0.2) is 23.1 Å². The molecule has 0 aliphatic carbocycles. The number of benzene rings is 1. The van der Waals surface area contributed by atoms with Gasteiger partial charge >= 0.3 is 5.97 Å². The van der Waals surface area contributed by atoms with Crippen LogP contribution < -0.4 is 0 Å². The van der Waals surface area contributed by atoms with Gasteiger partial charge in [-0.3, -0.25) is 4.79 Å². The topological polar surface area (TPSA) is 94.9 Å². The molecule has 0 spiro atoms. The highest BCUT2D eigenvalue weighted by Crippen LogP contribution is 2.27. The molecule has 1 saturated heterocycles. The predicted octanol–water partition coefficient (Wildman–Crippen LogP) is 0.173. The molecule has 0 saturated carbocycles. The first-order valence-electron chi connectivity index (χ1n) is 5.61. The van der Waals surface area contributed by atoms with E-state index in [9.17, 15) is 27.1 Å². The van der Waals surface area contributed by atoms with Crippen molar-refractivity contribution in [2.45, 2.75) is 23.5 Å². The van der Waals surface area contributed by atoms with E-state index in [0.29, 0.717) is 16.4 Å². The maximum absolute atomic E-state index is 13.1. The molecule has 6 nitrogen and oxygen atoms in total. The molecule has 2 rings (SSSR count). The highest BCUT2D eigenvalue weighted by atomic mass is 32.2. The minimum Gasteiger partial charge on any atom is -0.480 e. The fraction of sp³-hybridized carbons (Fsp3) is 0.364. The zero-order valence-electron chi connectivity index (χ0n) is 10.0. The number of rotatable bonds is 3. The van der Waals surface area contributed by atoms with E-state index in [4.69, 9.17) is 5.11 Å². The Kier molecular flexibility index (Phi) is 3.76. The van der Waals surface area contributed by atoms with Crippen LogP contribution in [-0.4, -0.2) is 47.6 Å². The zero-order chi connectivity index (χ0) is 15.1. The Labute approximate surface area is 113 Å². The van der Waals surface area contributed by atoms with Crippen molar-refractivity contribution in [1.82, 2.24) is 4.31 Å². The van der Waals surface area contributed by atoms with Crippen LogP contribution >= 0.6 is 0 Å². The number of hydrogen-bond donors (Lipinski definition) is 2. The minimum absolute atomic E-state index is 0.252.